The molecule has 21 heavy (non-hydrogen) atoms. The highest BCUT2D eigenvalue weighted by Gasteiger charge is 2.27. The molecular weight excluding hydrogens is 331 g/mol. The van der Waals surface area contributed by atoms with Crippen LogP contribution in [0.15, 0.2) is 23.2 Å². The molecule has 0 saturated heterocycles. The molecule has 1 heterocycles. The highest BCUT2D eigenvalue weighted by atomic mass is 32.2. The number of nitrogens with two attached hydrogens (primary N) is 1. The lowest BCUT2D eigenvalue weighted by atomic mass is 10.3. The maximum Gasteiger partial charge on any atom is 0.411 e. The minimum Gasteiger partial charge on any atom is -0.388 e. The fourth-order valence-corrected chi connectivity index (χ4v) is 2.72. The Morgan fingerprint density at radius 1 is 1.48 bits per heavy atom. The van der Waals surface area contributed by atoms with Crippen molar-refractivity contribution in [3.63, 3.8) is 0 Å². The number of aromatic nitrogens is 1. The first-order chi connectivity index (χ1) is 9.63. The molecule has 0 bridgehead atoms. The van der Waals surface area contributed by atoms with Gasteiger partial charge < -0.3 is 10.5 Å². The molecule has 1 aromatic heterocycles. The zero-order chi connectivity index (χ0) is 16.1. The van der Waals surface area contributed by atoms with Gasteiger partial charge in [0.2, 0.25) is 10.0 Å². The Balaban J connectivity index is 2.65. The summed E-state index contributed by atoms with van der Waals surface area (Å²) in [5.41, 5.74) is 5.28. The number of hydrogen-bond donors (Lipinski definition) is 2. The molecule has 3 N–H and O–H groups in total. The number of pyridine rings is 1. The summed E-state index contributed by atoms with van der Waals surface area (Å²) in [7, 11) is -3.99. The second kappa shape index (κ2) is 7.11. The van der Waals surface area contributed by atoms with Crippen LogP contribution >= 0.6 is 12.2 Å². The maximum atomic E-state index is 12.0. The third kappa shape index (κ3) is 5.91. The molecule has 0 aliphatic carbocycles. The molecular formula is C10H12F3N3O3S2. The van der Waals surface area contributed by atoms with E-state index in [1.54, 1.807) is 0 Å². The number of rotatable bonds is 7. The van der Waals surface area contributed by atoms with Gasteiger partial charge in [-0.15, -0.1) is 0 Å². The van der Waals surface area contributed by atoms with E-state index in [0.717, 1.165) is 0 Å². The van der Waals surface area contributed by atoms with Gasteiger partial charge in [-0.05, 0) is 12.1 Å². The van der Waals surface area contributed by atoms with Crippen LogP contribution in [0, 0.1) is 0 Å². The number of nitrogens with one attached hydrogen (secondary N) is 1. The number of halogens is 3. The van der Waals surface area contributed by atoms with Crippen LogP contribution in [0.3, 0.4) is 0 Å². The molecule has 0 radical (unpaired) electrons. The van der Waals surface area contributed by atoms with Crippen molar-refractivity contribution < 1.29 is 26.3 Å². The van der Waals surface area contributed by atoms with Gasteiger partial charge in [0.15, 0.2) is 0 Å². The van der Waals surface area contributed by atoms with Crippen LogP contribution in [0.1, 0.15) is 5.69 Å². The normalized spacial score (nSPS) is 12.3. The Kier molecular flexibility index (Phi) is 6.01. The van der Waals surface area contributed by atoms with Crippen molar-refractivity contribution in [3.05, 3.63) is 24.0 Å². The molecule has 1 aromatic rings. The second-order valence-electron chi connectivity index (χ2n) is 3.78. The van der Waals surface area contributed by atoms with Gasteiger partial charge in [-0.2, -0.15) is 13.2 Å². The van der Waals surface area contributed by atoms with Crippen LogP contribution in [0.25, 0.3) is 0 Å². The second-order valence-corrected chi connectivity index (χ2v) is 5.96. The van der Waals surface area contributed by atoms with Gasteiger partial charge in [0, 0.05) is 12.7 Å². The van der Waals surface area contributed by atoms with E-state index in [1.807, 2.05) is 0 Å². The Morgan fingerprint density at radius 3 is 2.71 bits per heavy atom. The predicted molar refractivity (Wildman–Crippen MR) is 72.2 cm³/mol. The number of alkyl halides is 3. The third-order valence-electron chi connectivity index (χ3n) is 2.10. The molecule has 1 rings (SSSR count). The molecule has 0 aromatic carbocycles. The van der Waals surface area contributed by atoms with Gasteiger partial charge in [-0.3, -0.25) is 4.98 Å². The molecule has 0 aliphatic heterocycles. The molecule has 11 heteroatoms. The molecule has 0 atom stereocenters. The topological polar surface area (TPSA) is 94.3 Å². The van der Waals surface area contributed by atoms with Crippen molar-refractivity contribution in [1.82, 2.24) is 9.71 Å². The minimum absolute atomic E-state index is 0.0868. The number of nitrogens with zero attached hydrogens (tertiary/aromatic N) is 1. The number of hydrogen-bond acceptors (Lipinski definition) is 5. The van der Waals surface area contributed by atoms with Crippen LogP contribution in [0.2, 0.25) is 0 Å². The van der Waals surface area contributed by atoms with E-state index in [-0.39, 0.29) is 22.1 Å². The van der Waals surface area contributed by atoms with Crippen LogP contribution < -0.4 is 10.5 Å². The van der Waals surface area contributed by atoms with Crippen molar-refractivity contribution in [2.75, 3.05) is 19.8 Å². The van der Waals surface area contributed by atoms with Gasteiger partial charge >= 0.3 is 6.18 Å². The van der Waals surface area contributed by atoms with E-state index in [0.29, 0.717) is 0 Å². The minimum atomic E-state index is -4.46. The van der Waals surface area contributed by atoms with Gasteiger partial charge in [0.1, 0.15) is 22.2 Å². The number of sulfonamides is 1. The SMILES string of the molecule is NC(=S)c1ncccc1S(=O)(=O)NCCOCC(F)(F)F. The lowest BCUT2D eigenvalue weighted by molar-refractivity contribution is -0.173. The van der Waals surface area contributed by atoms with E-state index >= 15 is 0 Å². The smallest absolute Gasteiger partial charge is 0.388 e. The van der Waals surface area contributed by atoms with E-state index in [1.165, 1.54) is 18.3 Å². The van der Waals surface area contributed by atoms with Gasteiger partial charge in [-0.1, -0.05) is 12.2 Å². The predicted octanol–water partition coefficient (Wildman–Crippen LogP) is 0.573. The van der Waals surface area contributed by atoms with Crippen molar-refractivity contribution in [2.24, 2.45) is 5.73 Å². The Morgan fingerprint density at radius 2 is 2.14 bits per heavy atom. The Labute approximate surface area is 124 Å². The summed E-state index contributed by atoms with van der Waals surface area (Å²) in [4.78, 5) is 3.31. The Hall–Kier alpha value is -1.30. The summed E-state index contributed by atoms with van der Waals surface area (Å²) in [5, 5.41) is 0. The van der Waals surface area contributed by atoms with Crippen molar-refractivity contribution >= 4 is 27.2 Å². The summed E-state index contributed by atoms with van der Waals surface area (Å²) in [6.45, 7) is -2.20. The van der Waals surface area contributed by atoms with Crippen molar-refractivity contribution in [2.45, 2.75) is 11.1 Å². The molecule has 6 nitrogen and oxygen atoms in total. The van der Waals surface area contributed by atoms with Crippen LogP contribution in [-0.4, -0.2) is 44.3 Å². The van der Waals surface area contributed by atoms with Crippen LogP contribution in [0.5, 0.6) is 0 Å². The molecule has 0 amide bonds. The lowest BCUT2D eigenvalue weighted by Gasteiger charge is -2.10. The molecule has 0 unspecified atom stereocenters. The number of thiocarbonyl (C=S) groups is 1. The highest BCUT2D eigenvalue weighted by molar-refractivity contribution is 7.89. The van der Waals surface area contributed by atoms with Crippen molar-refractivity contribution in [1.29, 1.82) is 0 Å². The van der Waals surface area contributed by atoms with E-state index < -0.39 is 29.4 Å². The molecule has 118 valence electrons. The molecule has 0 fully saturated rings. The van der Waals surface area contributed by atoms with Crippen LogP contribution in [0.4, 0.5) is 13.2 Å². The monoisotopic (exact) mass is 343 g/mol. The molecule has 0 aliphatic rings. The van der Waals surface area contributed by atoms with Gasteiger partial charge in [0.05, 0.1) is 6.61 Å². The quantitative estimate of drug-likeness (QED) is 0.555. The van der Waals surface area contributed by atoms with E-state index in [9.17, 15) is 21.6 Å². The third-order valence-corrected chi connectivity index (χ3v) is 3.78. The maximum absolute atomic E-state index is 12.0. The van der Waals surface area contributed by atoms with E-state index in [4.69, 9.17) is 5.73 Å². The summed E-state index contributed by atoms with van der Waals surface area (Å²) in [6, 6.07) is 2.61. The summed E-state index contributed by atoms with van der Waals surface area (Å²) in [5.74, 6) is 0. The van der Waals surface area contributed by atoms with Gasteiger partial charge in [0.25, 0.3) is 0 Å². The van der Waals surface area contributed by atoms with Crippen molar-refractivity contribution in [3.8, 4) is 0 Å². The molecule has 0 spiro atoms. The standard InChI is InChI=1S/C10H12F3N3O3S2/c11-10(12,13)6-19-5-4-16-21(17,18)7-2-1-3-15-8(7)9(14)20/h1-3,16H,4-6H2,(H2,14,20). The van der Waals surface area contributed by atoms with E-state index in [2.05, 4.69) is 26.7 Å². The van der Waals surface area contributed by atoms with Gasteiger partial charge in [-0.25, -0.2) is 13.1 Å². The fourth-order valence-electron chi connectivity index (χ4n) is 1.31. The Bertz CT molecular complexity index is 605. The fraction of sp³-hybridized carbons (Fsp3) is 0.400. The summed E-state index contributed by atoms with van der Waals surface area (Å²) < 4.78 is 65.8. The lowest BCUT2D eigenvalue weighted by Crippen LogP contribution is -2.31. The first-order valence-electron chi connectivity index (χ1n) is 5.52. The average molecular weight is 343 g/mol. The summed E-state index contributed by atoms with van der Waals surface area (Å²) in [6.07, 6.45) is -3.14. The van der Waals surface area contributed by atoms with Crippen LogP contribution in [-0.2, 0) is 14.8 Å². The zero-order valence-corrected chi connectivity index (χ0v) is 12.2. The first kappa shape index (κ1) is 17.8. The summed E-state index contributed by atoms with van der Waals surface area (Å²) >= 11 is 4.69. The molecule has 0 saturated carbocycles. The number of ether oxygens (including phenoxy) is 1. The zero-order valence-electron chi connectivity index (χ0n) is 10.6. The highest BCUT2D eigenvalue weighted by Crippen LogP contribution is 2.14. The first-order valence-corrected chi connectivity index (χ1v) is 7.41. The average Bonchev–Trinajstić information content (AvgIpc) is 2.36. The largest absolute Gasteiger partial charge is 0.411 e.